The van der Waals surface area contributed by atoms with Gasteiger partial charge in [-0.1, -0.05) is 72.8 Å². The lowest BCUT2D eigenvalue weighted by Gasteiger charge is -2.42. The van der Waals surface area contributed by atoms with Crippen molar-refractivity contribution < 1.29 is 0 Å². The molecule has 0 spiro atoms. The van der Waals surface area contributed by atoms with Crippen LogP contribution in [0.15, 0.2) is 140 Å². The molecule has 7 aromatic rings. The van der Waals surface area contributed by atoms with Crippen LogP contribution < -0.4 is 9.80 Å². The third-order valence-electron chi connectivity index (χ3n) is 10.5. The second kappa shape index (κ2) is 9.47. The number of rotatable bonds is 4. The quantitative estimate of drug-likeness (QED) is 0.229. The molecule has 2 atom stereocenters. The smallest absolute Gasteiger partial charge is 0.154 e. The number of aromatic amines is 1. The molecule has 0 saturated heterocycles. The fourth-order valence-electron chi connectivity index (χ4n) is 8.67. The van der Waals surface area contributed by atoms with Crippen LogP contribution >= 0.6 is 0 Å². The molecular formula is C40H29N7. The zero-order valence-corrected chi connectivity index (χ0v) is 25.7. The maximum atomic E-state index is 4.97. The number of anilines is 2. The number of H-pyrrole nitrogens is 1. The van der Waals surface area contributed by atoms with Crippen molar-refractivity contribution in [2.75, 3.05) is 23.5 Å². The summed E-state index contributed by atoms with van der Waals surface area (Å²) < 4.78 is 0. The molecule has 1 aliphatic heterocycles. The second-order valence-corrected chi connectivity index (χ2v) is 12.6. The number of hydrogen-bond donors (Lipinski definition) is 1. The Labute approximate surface area is 272 Å². The van der Waals surface area contributed by atoms with Crippen LogP contribution in [0.3, 0.4) is 0 Å². The van der Waals surface area contributed by atoms with Gasteiger partial charge in [-0.15, -0.1) is 0 Å². The van der Waals surface area contributed by atoms with Gasteiger partial charge in [0.25, 0.3) is 0 Å². The zero-order valence-electron chi connectivity index (χ0n) is 25.7. The van der Waals surface area contributed by atoms with Crippen LogP contribution in [0.25, 0.3) is 22.3 Å². The van der Waals surface area contributed by atoms with Crippen LogP contribution in [0.5, 0.6) is 0 Å². The molecule has 224 valence electrons. The van der Waals surface area contributed by atoms with E-state index in [1.807, 2.05) is 43.2 Å². The molecule has 0 amide bonds. The van der Waals surface area contributed by atoms with E-state index in [1.54, 1.807) is 0 Å². The number of fused-ring (bicyclic) bond motifs is 7. The third kappa shape index (κ3) is 3.20. The van der Waals surface area contributed by atoms with Gasteiger partial charge in [-0.3, -0.25) is 15.1 Å². The molecule has 1 N–H and O–H groups in total. The molecule has 0 saturated carbocycles. The highest BCUT2D eigenvalue weighted by atomic mass is 15.4. The average Bonchev–Trinajstić information content (AvgIpc) is 3.91. The first-order chi connectivity index (χ1) is 23.2. The van der Waals surface area contributed by atoms with Crippen molar-refractivity contribution in [2.24, 2.45) is 0 Å². The van der Waals surface area contributed by atoms with Crippen molar-refractivity contribution in [1.82, 2.24) is 25.1 Å². The monoisotopic (exact) mass is 607 g/mol. The van der Waals surface area contributed by atoms with Gasteiger partial charge < -0.3 is 9.80 Å². The minimum absolute atomic E-state index is 0.600. The van der Waals surface area contributed by atoms with Crippen molar-refractivity contribution in [1.29, 1.82) is 0 Å². The molecule has 0 radical (unpaired) electrons. The molecule has 7 heteroatoms. The zero-order chi connectivity index (χ0) is 31.2. The highest BCUT2D eigenvalue weighted by Gasteiger charge is 2.53. The van der Waals surface area contributed by atoms with Gasteiger partial charge in [0.1, 0.15) is 5.54 Å². The summed E-state index contributed by atoms with van der Waals surface area (Å²) in [5.74, 6) is 0.962. The fraction of sp³-hybridized carbons (Fsp3) is 0.100. The van der Waals surface area contributed by atoms with Gasteiger partial charge in [-0.05, 0) is 80.4 Å². The summed E-state index contributed by atoms with van der Waals surface area (Å²) >= 11 is 0. The second-order valence-electron chi connectivity index (χ2n) is 12.6. The van der Waals surface area contributed by atoms with Gasteiger partial charge >= 0.3 is 0 Å². The van der Waals surface area contributed by atoms with E-state index in [1.165, 1.54) is 33.4 Å². The predicted octanol–water partition coefficient (Wildman–Crippen LogP) is 7.14. The Morgan fingerprint density at radius 3 is 2.02 bits per heavy atom. The molecule has 0 fully saturated rings. The number of hydrogen-bond acceptors (Lipinski definition) is 6. The normalized spacial score (nSPS) is 20.0. The van der Waals surface area contributed by atoms with Crippen LogP contribution in [0, 0.1) is 0 Å². The van der Waals surface area contributed by atoms with Gasteiger partial charge in [0.15, 0.2) is 5.82 Å². The summed E-state index contributed by atoms with van der Waals surface area (Å²) in [5, 5.41) is 7.79. The Hall–Kier alpha value is -6.08. The van der Waals surface area contributed by atoms with Gasteiger partial charge in [0.05, 0.1) is 23.5 Å². The number of nitrogens with one attached hydrogen (secondary N) is 1. The molecular weight excluding hydrogens is 578 g/mol. The first-order valence-electron chi connectivity index (χ1n) is 15.9. The van der Waals surface area contributed by atoms with Crippen molar-refractivity contribution in [3.8, 4) is 22.3 Å². The SMILES string of the molecule is CN1CN(C2(c3ccc(C4(c5ccn[nH]5)c5ccccc5-c5ccncc54)cc3)c3ccccc3-c3ccncc32)c2ncccc21. The molecule has 47 heavy (non-hydrogen) atoms. The molecule has 0 bridgehead atoms. The van der Waals surface area contributed by atoms with Gasteiger partial charge in [0, 0.05) is 49.8 Å². The molecule has 3 aliphatic rings. The lowest BCUT2D eigenvalue weighted by Crippen LogP contribution is -2.48. The molecule has 7 nitrogen and oxygen atoms in total. The Balaban J connectivity index is 1.25. The van der Waals surface area contributed by atoms with Crippen LogP contribution in [-0.4, -0.2) is 38.9 Å². The van der Waals surface area contributed by atoms with Crippen LogP contribution in [0.1, 0.15) is 39.1 Å². The fourth-order valence-corrected chi connectivity index (χ4v) is 8.67. The van der Waals surface area contributed by atoms with Crippen LogP contribution in [0.2, 0.25) is 0 Å². The van der Waals surface area contributed by atoms with Crippen LogP contribution in [0.4, 0.5) is 11.5 Å². The van der Waals surface area contributed by atoms with Crippen molar-refractivity contribution in [2.45, 2.75) is 11.0 Å². The van der Waals surface area contributed by atoms with E-state index in [9.17, 15) is 0 Å². The lowest BCUT2D eigenvalue weighted by molar-refractivity contribution is 0.577. The number of pyridine rings is 3. The summed E-state index contributed by atoms with van der Waals surface area (Å²) in [6.45, 7) is 0.682. The molecule has 2 aliphatic carbocycles. The summed E-state index contributed by atoms with van der Waals surface area (Å²) in [6, 6.07) is 37.2. The van der Waals surface area contributed by atoms with E-state index >= 15 is 0 Å². The van der Waals surface area contributed by atoms with Crippen LogP contribution in [-0.2, 0) is 11.0 Å². The Morgan fingerprint density at radius 1 is 0.596 bits per heavy atom. The minimum Gasteiger partial charge on any atom is -0.354 e. The molecule has 2 unspecified atom stereocenters. The lowest BCUT2D eigenvalue weighted by atomic mass is 9.69. The predicted molar refractivity (Wildman–Crippen MR) is 183 cm³/mol. The van der Waals surface area contributed by atoms with E-state index in [2.05, 4.69) is 129 Å². The van der Waals surface area contributed by atoms with E-state index in [-0.39, 0.29) is 0 Å². The maximum absolute atomic E-state index is 4.97. The summed E-state index contributed by atoms with van der Waals surface area (Å²) in [7, 11) is 2.14. The van der Waals surface area contributed by atoms with E-state index in [4.69, 9.17) is 9.97 Å². The van der Waals surface area contributed by atoms with Crippen molar-refractivity contribution in [3.05, 3.63) is 179 Å². The average molecular weight is 608 g/mol. The molecule has 5 heterocycles. The van der Waals surface area contributed by atoms with Crippen molar-refractivity contribution >= 4 is 11.5 Å². The summed E-state index contributed by atoms with van der Waals surface area (Å²) in [6.07, 6.45) is 11.6. The number of aromatic nitrogens is 5. The molecule has 4 aromatic heterocycles. The first-order valence-corrected chi connectivity index (χ1v) is 15.9. The first kappa shape index (κ1) is 26.2. The number of benzene rings is 3. The molecule has 10 rings (SSSR count). The highest BCUT2D eigenvalue weighted by molar-refractivity contribution is 5.89. The third-order valence-corrected chi connectivity index (χ3v) is 10.5. The highest BCUT2D eigenvalue weighted by Crippen LogP contribution is 2.59. The van der Waals surface area contributed by atoms with Gasteiger partial charge in [-0.2, -0.15) is 5.10 Å². The van der Waals surface area contributed by atoms with E-state index < -0.39 is 11.0 Å². The summed E-state index contributed by atoms with van der Waals surface area (Å²) in [4.78, 5) is 19.0. The van der Waals surface area contributed by atoms with Gasteiger partial charge in [0.2, 0.25) is 0 Å². The molecule has 3 aromatic carbocycles. The standard InChI is InChI=1S/C40H29N7/c1-46-25-47(38-36(46)11-6-19-43-38)40(33-10-5-3-8-29(33)31-17-21-42-24-35(31)40)27-14-12-26(13-15-27)39(37-18-22-44-45-37)32-9-4-2-7-28(32)30-16-20-41-23-34(30)39/h2-24H,25H2,1H3,(H,44,45). The minimum atomic E-state index is -0.652. The van der Waals surface area contributed by atoms with Gasteiger partial charge in [-0.25, -0.2) is 4.98 Å². The summed E-state index contributed by atoms with van der Waals surface area (Å²) in [5.41, 5.74) is 12.8. The van der Waals surface area contributed by atoms with Crippen molar-refractivity contribution in [3.63, 3.8) is 0 Å². The maximum Gasteiger partial charge on any atom is 0.154 e. The number of nitrogens with zero attached hydrogens (tertiary/aromatic N) is 6. The Morgan fingerprint density at radius 2 is 1.26 bits per heavy atom. The largest absolute Gasteiger partial charge is 0.354 e. The van der Waals surface area contributed by atoms with E-state index in [0.29, 0.717) is 6.67 Å². The topological polar surface area (TPSA) is 73.8 Å². The Bertz CT molecular complexity index is 2240. The van der Waals surface area contributed by atoms with E-state index in [0.717, 1.165) is 39.5 Å². The Kier molecular flexibility index (Phi) is 5.27.